The lowest BCUT2D eigenvalue weighted by molar-refractivity contribution is -0.123. The quantitative estimate of drug-likeness (QED) is 0.365. The van der Waals surface area contributed by atoms with E-state index in [1.165, 1.54) is 12.3 Å². The second kappa shape index (κ2) is 9.23. The van der Waals surface area contributed by atoms with E-state index in [-0.39, 0.29) is 12.4 Å². The number of halogens is 5. The molecular formula is C15H9Br3Cl2N2O3. The number of rotatable bonds is 5. The number of nitrogens with zero attached hydrogens (tertiary/aromatic N) is 1. The summed E-state index contributed by atoms with van der Waals surface area (Å²) >= 11 is 21.6. The van der Waals surface area contributed by atoms with Crippen molar-refractivity contribution in [2.45, 2.75) is 0 Å². The Labute approximate surface area is 178 Å². The first-order valence-corrected chi connectivity index (χ1v) is 9.69. The van der Waals surface area contributed by atoms with Gasteiger partial charge in [-0.2, -0.15) is 5.10 Å². The van der Waals surface area contributed by atoms with E-state index in [0.717, 1.165) is 0 Å². The maximum Gasteiger partial charge on any atom is 0.277 e. The van der Waals surface area contributed by atoms with E-state index in [0.29, 0.717) is 34.8 Å². The minimum absolute atomic E-state index is 0.0231. The number of aromatic hydroxyl groups is 1. The fourth-order valence-corrected chi connectivity index (χ4v) is 4.30. The van der Waals surface area contributed by atoms with Crippen LogP contribution >= 0.6 is 71.0 Å². The lowest BCUT2D eigenvalue weighted by Gasteiger charge is -2.08. The molecule has 0 aliphatic carbocycles. The van der Waals surface area contributed by atoms with Crippen LogP contribution in [0.3, 0.4) is 0 Å². The van der Waals surface area contributed by atoms with Gasteiger partial charge in [-0.3, -0.25) is 4.79 Å². The number of amides is 1. The van der Waals surface area contributed by atoms with Gasteiger partial charge in [0.15, 0.2) is 6.61 Å². The third-order valence-electron chi connectivity index (χ3n) is 2.82. The van der Waals surface area contributed by atoms with Crippen molar-refractivity contribution < 1.29 is 14.6 Å². The Morgan fingerprint density at radius 2 is 1.96 bits per heavy atom. The summed E-state index contributed by atoms with van der Waals surface area (Å²) in [6.45, 7) is -0.286. The summed E-state index contributed by atoms with van der Waals surface area (Å²) in [7, 11) is 0. The maximum atomic E-state index is 11.8. The molecule has 0 saturated heterocycles. The van der Waals surface area contributed by atoms with E-state index < -0.39 is 5.91 Å². The van der Waals surface area contributed by atoms with Gasteiger partial charge in [0.1, 0.15) is 11.5 Å². The van der Waals surface area contributed by atoms with Crippen LogP contribution in [0.4, 0.5) is 0 Å². The van der Waals surface area contributed by atoms with Gasteiger partial charge in [-0.15, -0.1) is 0 Å². The van der Waals surface area contributed by atoms with Crippen molar-refractivity contribution in [3.05, 3.63) is 53.3 Å². The van der Waals surface area contributed by atoms with Gasteiger partial charge in [0.25, 0.3) is 5.91 Å². The van der Waals surface area contributed by atoms with Gasteiger partial charge in [0, 0.05) is 21.1 Å². The number of hydrazone groups is 1. The average Bonchev–Trinajstić information content (AvgIpc) is 2.56. The van der Waals surface area contributed by atoms with E-state index >= 15 is 0 Å². The number of carbonyl (C=O) groups excluding carboxylic acids is 1. The molecule has 0 radical (unpaired) electrons. The molecule has 0 aliphatic rings. The first-order chi connectivity index (χ1) is 11.8. The molecule has 0 bridgehead atoms. The fraction of sp³-hybridized carbons (Fsp3) is 0.0667. The van der Waals surface area contributed by atoms with Gasteiger partial charge >= 0.3 is 0 Å². The summed E-state index contributed by atoms with van der Waals surface area (Å²) in [6.07, 6.45) is 1.38. The first-order valence-electron chi connectivity index (χ1n) is 6.55. The van der Waals surface area contributed by atoms with Crippen LogP contribution < -0.4 is 10.2 Å². The molecule has 5 nitrogen and oxygen atoms in total. The van der Waals surface area contributed by atoms with Gasteiger partial charge in [-0.25, -0.2) is 5.43 Å². The van der Waals surface area contributed by atoms with Crippen LogP contribution in [0.15, 0.2) is 42.8 Å². The monoisotopic (exact) mass is 572 g/mol. The molecule has 0 unspecified atom stereocenters. The van der Waals surface area contributed by atoms with Crippen molar-refractivity contribution in [2.24, 2.45) is 5.10 Å². The zero-order valence-corrected chi connectivity index (χ0v) is 18.5. The Hall–Kier alpha value is -0.800. The van der Waals surface area contributed by atoms with Crippen LogP contribution in [-0.2, 0) is 4.79 Å². The zero-order chi connectivity index (χ0) is 18.6. The number of phenolic OH excluding ortho intramolecular Hbond substituents is 1. The summed E-state index contributed by atoms with van der Waals surface area (Å²) in [5.41, 5.74) is 2.87. The predicted octanol–water partition coefficient (Wildman–Crippen LogP) is 5.52. The second-order valence-corrected chi connectivity index (χ2v) is 7.92. The average molecular weight is 576 g/mol. The molecule has 0 spiro atoms. The SMILES string of the molecule is O=C(COc1cc(Cl)ccc1Cl)N/N=C\c1c(Br)cc(Br)c(O)c1Br. The molecule has 2 rings (SSSR count). The maximum absolute atomic E-state index is 11.8. The Bertz CT molecular complexity index is 847. The molecule has 0 aliphatic heterocycles. The number of phenols is 1. The van der Waals surface area contributed by atoms with Crippen LogP contribution in [-0.4, -0.2) is 23.8 Å². The summed E-state index contributed by atoms with van der Waals surface area (Å²) in [6, 6.07) is 6.36. The van der Waals surface area contributed by atoms with Gasteiger partial charge in [-0.1, -0.05) is 39.1 Å². The molecule has 132 valence electrons. The lowest BCUT2D eigenvalue weighted by Crippen LogP contribution is -2.24. The summed E-state index contributed by atoms with van der Waals surface area (Å²) < 4.78 is 6.91. The Kier molecular flexibility index (Phi) is 7.57. The third kappa shape index (κ3) is 5.59. The molecule has 2 aromatic carbocycles. The van der Waals surface area contributed by atoms with Crippen LogP contribution in [0.5, 0.6) is 11.5 Å². The summed E-state index contributed by atoms with van der Waals surface area (Å²) in [5.74, 6) is -0.160. The largest absolute Gasteiger partial charge is 0.506 e. The van der Waals surface area contributed by atoms with Crippen molar-refractivity contribution in [1.82, 2.24) is 5.43 Å². The third-order valence-corrected chi connectivity index (χ3v) is 5.43. The Morgan fingerprint density at radius 3 is 2.68 bits per heavy atom. The number of carbonyl (C=O) groups is 1. The van der Waals surface area contributed by atoms with E-state index in [9.17, 15) is 9.90 Å². The number of hydrogen-bond acceptors (Lipinski definition) is 4. The first kappa shape index (κ1) is 20.5. The number of nitrogens with one attached hydrogen (secondary N) is 1. The van der Waals surface area contributed by atoms with Gasteiger partial charge in [-0.05, 0) is 50.1 Å². The van der Waals surface area contributed by atoms with Crippen LogP contribution in [0.2, 0.25) is 10.0 Å². The van der Waals surface area contributed by atoms with Gasteiger partial charge in [0.05, 0.1) is 20.2 Å². The van der Waals surface area contributed by atoms with Crippen molar-refractivity contribution >= 4 is 83.1 Å². The highest BCUT2D eigenvalue weighted by molar-refractivity contribution is 9.11. The molecule has 10 heteroatoms. The molecular weight excluding hydrogens is 567 g/mol. The Morgan fingerprint density at radius 1 is 1.24 bits per heavy atom. The second-order valence-electron chi connectivity index (χ2n) is 4.57. The number of ether oxygens (including phenoxy) is 1. The van der Waals surface area contributed by atoms with E-state index in [1.807, 2.05) is 0 Å². The zero-order valence-electron chi connectivity index (χ0n) is 12.2. The minimum Gasteiger partial charge on any atom is -0.506 e. The Balaban J connectivity index is 1.97. The van der Waals surface area contributed by atoms with Crippen molar-refractivity contribution in [1.29, 1.82) is 0 Å². The molecule has 0 saturated carbocycles. The highest BCUT2D eigenvalue weighted by Gasteiger charge is 2.12. The standard InChI is InChI=1S/C15H9Br3Cl2N2O3/c16-9-4-10(17)15(24)14(18)8(9)5-21-22-13(23)6-25-12-3-7(19)1-2-11(12)20/h1-5,24H,6H2,(H,22,23)/b21-5-. The summed E-state index contributed by atoms with van der Waals surface area (Å²) in [4.78, 5) is 11.8. The minimum atomic E-state index is -0.485. The number of hydrogen-bond donors (Lipinski definition) is 2. The fourth-order valence-electron chi connectivity index (χ4n) is 1.65. The van der Waals surface area contributed by atoms with Gasteiger partial charge in [0.2, 0.25) is 0 Å². The van der Waals surface area contributed by atoms with Crippen molar-refractivity contribution in [3.63, 3.8) is 0 Å². The van der Waals surface area contributed by atoms with E-state index in [2.05, 4.69) is 58.3 Å². The van der Waals surface area contributed by atoms with Crippen LogP contribution in [0.1, 0.15) is 5.56 Å². The lowest BCUT2D eigenvalue weighted by atomic mass is 10.2. The molecule has 2 aromatic rings. The molecule has 0 heterocycles. The number of benzene rings is 2. The molecule has 25 heavy (non-hydrogen) atoms. The molecule has 0 fully saturated rings. The van der Waals surface area contributed by atoms with Crippen LogP contribution in [0, 0.1) is 0 Å². The van der Waals surface area contributed by atoms with Crippen molar-refractivity contribution in [3.8, 4) is 11.5 Å². The van der Waals surface area contributed by atoms with E-state index in [1.54, 1.807) is 18.2 Å². The molecule has 0 atom stereocenters. The topological polar surface area (TPSA) is 70.9 Å². The van der Waals surface area contributed by atoms with E-state index in [4.69, 9.17) is 27.9 Å². The normalized spacial score (nSPS) is 10.9. The molecule has 2 N–H and O–H groups in total. The molecule has 1 amide bonds. The highest BCUT2D eigenvalue weighted by Crippen LogP contribution is 2.38. The smallest absolute Gasteiger partial charge is 0.277 e. The van der Waals surface area contributed by atoms with Crippen molar-refractivity contribution in [2.75, 3.05) is 6.61 Å². The summed E-state index contributed by atoms with van der Waals surface area (Å²) in [5, 5.41) is 14.5. The highest BCUT2D eigenvalue weighted by atomic mass is 79.9. The molecule has 0 aromatic heterocycles. The van der Waals surface area contributed by atoms with Gasteiger partial charge < -0.3 is 9.84 Å². The van der Waals surface area contributed by atoms with Crippen LogP contribution in [0.25, 0.3) is 0 Å². The predicted molar refractivity (Wildman–Crippen MR) is 109 cm³/mol.